The van der Waals surface area contributed by atoms with Gasteiger partial charge in [0.15, 0.2) is 11.0 Å². The normalized spacial score (nSPS) is 10.5. The van der Waals surface area contributed by atoms with Crippen molar-refractivity contribution in [1.82, 2.24) is 19.7 Å². The summed E-state index contributed by atoms with van der Waals surface area (Å²) in [4.78, 5) is 14.8. The second kappa shape index (κ2) is 8.65. The minimum atomic E-state index is -0.0365. The van der Waals surface area contributed by atoms with Crippen LogP contribution in [0.4, 0.5) is 0 Å². The molecule has 26 heavy (non-hydrogen) atoms. The fraction of sp³-hybridized carbons (Fsp3) is 0.222. The zero-order chi connectivity index (χ0) is 18.4. The molecule has 0 aliphatic carbocycles. The van der Waals surface area contributed by atoms with Crippen LogP contribution in [0.2, 0.25) is 0 Å². The van der Waals surface area contributed by atoms with E-state index in [9.17, 15) is 4.79 Å². The maximum absolute atomic E-state index is 12.2. The molecule has 0 saturated carbocycles. The third-order valence-corrected chi connectivity index (χ3v) is 5.48. The van der Waals surface area contributed by atoms with Crippen LogP contribution in [0, 0.1) is 11.3 Å². The fourth-order valence-corrected chi connectivity index (χ4v) is 3.91. The highest BCUT2D eigenvalue weighted by atomic mass is 32.2. The lowest BCUT2D eigenvalue weighted by Crippen LogP contribution is -2.29. The number of para-hydroxylation sites is 1. The number of thiophene rings is 1. The molecule has 8 heteroatoms. The summed E-state index contributed by atoms with van der Waals surface area (Å²) in [5.74, 6) is 0.974. The van der Waals surface area contributed by atoms with Gasteiger partial charge in [-0.25, -0.2) is 0 Å². The van der Waals surface area contributed by atoms with Gasteiger partial charge in [0.25, 0.3) is 0 Å². The van der Waals surface area contributed by atoms with E-state index < -0.39 is 0 Å². The lowest BCUT2D eigenvalue weighted by molar-refractivity contribution is -0.127. The van der Waals surface area contributed by atoms with Crippen molar-refractivity contribution >= 4 is 29.0 Å². The van der Waals surface area contributed by atoms with Gasteiger partial charge in [-0.05, 0) is 23.6 Å². The van der Waals surface area contributed by atoms with E-state index in [-0.39, 0.29) is 11.7 Å². The smallest absolute Gasteiger partial charge is 0.232 e. The van der Waals surface area contributed by atoms with Crippen LogP contribution in [0.5, 0.6) is 0 Å². The monoisotopic (exact) mass is 383 g/mol. The van der Waals surface area contributed by atoms with E-state index in [1.807, 2.05) is 52.4 Å². The summed E-state index contributed by atoms with van der Waals surface area (Å²) in [5, 5.41) is 20.0. The molecule has 0 bridgehead atoms. The van der Waals surface area contributed by atoms with Gasteiger partial charge in [0.2, 0.25) is 5.91 Å². The first-order valence-corrected chi connectivity index (χ1v) is 9.85. The Balaban J connectivity index is 1.84. The first kappa shape index (κ1) is 18.2. The summed E-state index contributed by atoms with van der Waals surface area (Å²) in [7, 11) is 1.71. The molecular formula is C18H17N5OS2. The second-order valence-electron chi connectivity index (χ2n) is 5.47. The number of carbonyl (C=O) groups is 1. The van der Waals surface area contributed by atoms with Gasteiger partial charge >= 0.3 is 0 Å². The molecule has 1 aromatic carbocycles. The van der Waals surface area contributed by atoms with Crippen LogP contribution in [0.15, 0.2) is 53.0 Å². The van der Waals surface area contributed by atoms with Crippen LogP contribution < -0.4 is 0 Å². The van der Waals surface area contributed by atoms with Crippen molar-refractivity contribution in [3.05, 3.63) is 47.8 Å². The minimum absolute atomic E-state index is 0.0365. The zero-order valence-electron chi connectivity index (χ0n) is 14.2. The average Bonchev–Trinajstić information content (AvgIpc) is 3.34. The number of nitriles is 1. The van der Waals surface area contributed by atoms with E-state index in [1.54, 1.807) is 23.3 Å². The van der Waals surface area contributed by atoms with E-state index >= 15 is 0 Å². The van der Waals surface area contributed by atoms with Crippen LogP contribution in [0.3, 0.4) is 0 Å². The third-order valence-electron chi connectivity index (χ3n) is 3.70. The largest absolute Gasteiger partial charge is 0.344 e. The molecule has 1 amide bonds. The molecule has 0 fully saturated rings. The first-order chi connectivity index (χ1) is 12.7. The number of benzene rings is 1. The Kier molecular flexibility index (Phi) is 6.04. The van der Waals surface area contributed by atoms with E-state index in [1.165, 1.54) is 11.8 Å². The quantitative estimate of drug-likeness (QED) is 0.584. The predicted molar refractivity (Wildman–Crippen MR) is 103 cm³/mol. The molecule has 0 radical (unpaired) electrons. The molecule has 3 aromatic rings. The standard InChI is InChI=1S/C18H17N5OS2/c1-22(11-6-10-19)16(24)13-26-18-21-20-17(15-9-5-12-25-15)23(18)14-7-3-2-4-8-14/h2-5,7-9,12H,6,11,13H2,1H3. The van der Waals surface area contributed by atoms with Crippen molar-refractivity contribution < 1.29 is 4.79 Å². The SMILES string of the molecule is CN(CCC#N)C(=O)CSc1nnc(-c2cccs2)n1-c1ccccc1. The Labute approximate surface area is 160 Å². The third kappa shape index (κ3) is 4.12. The molecule has 2 heterocycles. The van der Waals surface area contributed by atoms with Gasteiger partial charge in [-0.1, -0.05) is 36.0 Å². The summed E-state index contributed by atoms with van der Waals surface area (Å²) in [6.07, 6.45) is 0.329. The Morgan fingerprint density at radius 2 is 2.08 bits per heavy atom. The Hall–Kier alpha value is -2.63. The fourth-order valence-electron chi connectivity index (χ4n) is 2.32. The van der Waals surface area contributed by atoms with Crippen LogP contribution in [0.1, 0.15) is 6.42 Å². The van der Waals surface area contributed by atoms with E-state index in [4.69, 9.17) is 5.26 Å². The molecule has 0 spiro atoms. The van der Waals surface area contributed by atoms with Crippen molar-refractivity contribution in [3.8, 4) is 22.5 Å². The maximum atomic E-state index is 12.2. The van der Waals surface area contributed by atoms with Crippen LogP contribution >= 0.6 is 23.1 Å². The van der Waals surface area contributed by atoms with Gasteiger partial charge in [0.1, 0.15) is 0 Å². The number of thioether (sulfide) groups is 1. The summed E-state index contributed by atoms with van der Waals surface area (Å²) in [6, 6.07) is 15.9. The molecule has 0 aliphatic heterocycles. The Morgan fingerprint density at radius 1 is 1.27 bits per heavy atom. The minimum Gasteiger partial charge on any atom is -0.344 e. The molecule has 0 unspecified atom stereocenters. The number of aromatic nitrogens is 3. The molecule has 0 N–H and O–H groups in total. The Morgan fingerprint density at radius 3 is 2.77 bits per heavy atom. The lowest BCUT2D eigenvalue weighted by Gasteiger charge is -2.15. The molecule has 2 aromatic heterocycles. The highest BCUT2D eigenvalue weighted by Gasteiger charge is 2.18. The second-order valence-corrected chi connectivity index (χ2v) is 7.36. The van der Waals surface area contributed by atoms with E-state index in [0.29, 0.717) is 18.1 Å². The first-order valence-electron chi connectivity index (χ1n) is 7.99. The van der Waals surface area contributed by atoms with Gasteiger partial charge in [0.05, 0.1) is 23.1 Å². The molecular weight excluding hydrogens is 366 g/mol. The molecule has 0 atom stereocenters. The summed E-state index contributed by atoms with van der Waals surface area (Å²) < 4.78 is 1.97. The average molecular weight is 384 g/mol. The van der Waals surface area contributed by atoms with Crippen molar-refractivity contribution in [2.24, 2.45) is 0 Å². The highest BCUT2D eigenvalue weighted by molar-refractivity contribution is 7.99. The van der Waals surface area contributed by atoms with E-state index in [0.717, 1.165) is 16.4 Å². The number of carbonyl (C=O) groups excluding carboxylic acids is 1. The van der Waals surface area contributed by atoms with Gasteiger partial charge in [0, 0.05) is 19.3 Å². The van der Waals surface area contributed by atoms with Gasteiger partial charge in [-0.2, -0.15) is 5.26 Å². The number of amides is 1. The number of hydrogen-bond donors (Lipinski definition) is 0. The van der Waals surface area contributed by atoms with Crippen LogP contribution in [0.25, 0.3) is 16.4 Å². The molecule has 132 valence electrons. The Bertz CT molecular complexity index is 900. The van der Waals surface area contributed by atoms with Crippen molar-refractivity contribution in [2.75, 3.05) is 19.3 Å². The van der Waals surface area contributed by atoms with Gasteiger partial charge < -0.3 is 4.90 Å². The highest BCUT2D eigenvalue weighted by Crippen LogP contribution is 2.30. The van der Waals surface area contributed by atoms with Crippen LogP contribution in [-0.4, -0.2) is 44.9 Å². The summed E-state index contributed by atoms with van der Waals surface area (Å²) in [6.45, 7) is 0.432. The number of nitrogens with zero attached hydrogens (tertiary/aromatic N) is 5. The molecule has 0 saturated heterocycles. The predicted octanol–water partition coefficient (Wildman–Crippen LogP) is 3.46. The zero-order valence-corrected chi connectivity index (χ0v) is 15.8. The molecule has 0 aliphatic rings. The summed E-state index contributed by atoms with van der Waals surface area (Å²) in [5.41, 5.74) is 0.952. The van der Waals surface area contributed by atoms with Gasteiger partial charge in [-0.3, -0.25) is 9.36 Å². The lowest BCUT2D eigenvalue weighted by atomic mass is 10.3. The number of hydrogen-bond acceptors (Lipinski definition) is 6. The van der Waals surface area contributed by atoms with Crippen LogP contribution in [-0.2, 0) is 4.79 Å². The van der Waals surface area contributed by atoms with Gasteiger partial charge in [-0.15, -0.1) is 21.5 Å². The number of rotatable bonds is 7. The van der Waals surface area contributed by atoms with Crippen molar-refractivity contribution in [3.63, 3.8) is 0 Å². The molecule has 6 nitrogen and oxygen atoms in total. The molecule has 3 rings (SSSR count). The van der Waals surface area contributed by atoms with E-state index in [2.05, 4.69) is 16.3 Å². The van der Waals surface area contributed by atoms with Crippen molar-refractivity contribution in [1.29, 1.82) is 5.26 Å². The van der Waals surface area contributed by atoms with Crippen molar-refractivity contribution in [2.45, 2.75) is 11.6 Å². The maximum Gasteiger partial charge on any atom is 0.232 e. The topological polar surface area (TPSA) is 74.8 Å². The summed E-state index contributed by atoms with van der Waals surface area (Å²) >= 11 is 2.95.